The molecule has 6 rings (SSSR count). The second-order valence-corrected chi connectivity index (χ2v) is 11.1. The summed E-state index contributed by atoms with van der Waals surface area (Å²) in [5, 5.41) is 2.98. The topological polar surface area (TPSA) is 91.3 Å². The first-order valence-electron chi connectivity index (χ1n) is 13.1. The van der Waals surface area contributed by atoms with Gasteiger partial charge < -0.3 is 15.1 Å². The highest BCUT2D eigenvalue weighted by Gasteiger charge is 2.58. The van der Waals surface area contributed by atoms with Gasteiger partial charge in [-0.05, 0) is 49.3 Å². The summed E-state index contributed by atoms with van der Waals surface area (Å²) in [4.78, 5) is 42.1. The summed E-state index contributed by atoms with van der Waals surface area (Å²) in [5.41, 5.74) is 0.387. The van der Waals surface area contributed by atoms with Crippen LogP contribution in [0.2, 0.25) is 5.02 Å². The third-order valence-electron chi connectivity index (χ3n) is 8.14. The van der Waals surface area contributed by atoms with Crippen LogP contribution in [0.1, 0.15) is 53.7 Å². The Labute approximate surface area is 233 Å². The molecule has 1 saturated carbocycles. The molecule has 3 aliphatic rings. The van der Waals surface area contributed by atoms with Crippen LogP contribution in [0, 0.1) is 11.7 Å². The van der Waals surface area contributed by atoms with Crippen molar-refractivity contribution in [1.29, 1.82) is 0 Å². The molecule has 1 N–H and O–H groups in total. The van der Waals surface area contributed by atoms with E-state index in [1.54, 1.807) is 0 Å². The number of aromatic nitrogens is 3. The fourth-order valence-corrected chi connectivity index (χ4v) is 6.27. The molecule has 2 aromatic heterocycles. The number of amides is 2. The zero-order valence-corrected chi connectivity index (χ0v) is 22.1. The van der Waals surface area contributed by atoms with Gasteiger partial charge in [-0.1, -0.05) is 29.8 Å². The van der Waals surface area contributed by atoms with Gasteiger partial charge in [-0.15, -0.1) is 0 Å². The fraction of sp³-hybridized carbons (Fsp3) is 0.393. The standard InChI is InChI=1S/C28H26ClF3N6O2/c29-17-9-20(23(24(31)32)33-10-17)25(39)36-19-7-5-16(6-8-19)13-38-22-4-2-1-3-21(22)28(26(38)40)14-37(15-28)27-34-11-18(30)12-35-27/h1-4,9-12,16,19,24H,5-8,13-15H2,(H,36,39). The highest BCUT2D eigenvalue weighted by atomic mass is 35.5. The summed E-state index contributed by atoms with van der Waals surface area (Å²) in [6, 6.07) is 8.84. The largest absolute Gasteiger partial charge is 0.349 e. The Kier molecular flexibility index (Phi) is 6.85. The van der Waals surface area contributed by atoms with Crippen LogP contribution in [-0.4, -0.2) is 52.4 Å². The Balaban J connectivity index is 1.09. The molecule has 1 spiro atoms. The first-order chi connectivity index (χ1) is 19.2. The molecule has 1 aromatic carbocycles. The van der Waals surface area contributed by atoms with E-state index in [9.17, 15) is 22.8 Å². The number of fused-ring (bicyclic) bond motifs is 2. The van der Waals surface area contributed by atoms with Crippen LogP contribution in [0.4, 0.5) is 24.8 Å². The minimum Gasteiger partial charge on any atom is -0.349 e. The highest BCUT2D eigenvalue weighted by Crippen LogP contribution is 2.48. The van der Waals surface area contributed by atoms with E-state index in [1.165, 1.54) is 6.07 Å². The lowest BCUT2D eigenvalue weighted by Gasteiger charge is -2.46. The van der Waals surface area contributed by atoms with Crippen molar-refractivity contribution >= 4 is 35.1 Å². The Morgan fingerprint density at radius 1 is 1.07 bits per heavy atom. The number of pyridine rings is 1. The van der Waals surface area contributed by atoms with Crippen molar-refractivity contribution in [2.24, 2.45) is 5.92 Å². The zero-order chi connectivity index (χ0) is 28.0. The van der Waals surface area contributed by atoms with Gasteiger partial charge in [0.1, 0.15) is 11.1 Å². The number of para-hydroxylation sites is 1. The van der Waals surface area contributed by atoms with Crippen LogP contribution >= 0.6 is 11.6 Å². The molecule has 12 heteroatoms. The number of carbonyl (C=O) groups excluding carboxylic acids is 2. The maximum Gasteiger partial charge on any atom is 0.281 e. The van der Waals surface area contributed by atoms with Gasteiger partial charge in [-0.3, -0.25) is 14.6 Å². The first-order valence-corrected chi connectivity index (χ1v) is 13.5. The minimum atomic E-state index is -2.89. The number of hydrogen-bond donors (Lipinski definition) is 1. The van der Waals surface area contributed by atoms with E-state index in [1.807, 2.05) is 34.1 Å². The third-order valence-corrected chi connectivity index (χ3v) is 8.34. The van der Waals surface area contributed by atoms with Gasteiger partial charge in [0, 0.05) is 37.6 Å². The zero-order valence-electron chi connectivity index (χ0n) is 21.4. The molecule has 4 heterocycles. The third kappa shape index (κ3) is 4.66. The van der Waals surface area contributed by atoms with E-state index in [2.05, 4.69) is 20.3 Å². The summed E-state index contributed by atoms with van der Waals surface area (Å²) in [5.74, 6) is -0.470. The van der Waals surface area contributed by atoms with Gasteiger partial charge in [0.25, 0.3) is 12.3 Å². The summed E-state index contributed by atoms with van der Waals surface area (Å²) in [6.07, 6.45) is 3.33. The average molecular weight is 571 g/mol. The van der Waals surface area contributed by atoms with Gasteiger partial charge in [-0.2, -0.15) is 0 Å². The normalized spacial score (nSPS) is 21.5. The molecule has 8 nitrogen and oxygen atoms in total. The maximum absolute atomic E-state index is 13.8. The Bertz CT molecular complexity index is 1440. The predicted octanol–water partition coefficient (Wildman–Crippen LogP) is 4.70. The van der Waals surface area contributed by atoms with Crippen molar-refractivity contribution in [2.45, 2.75) is 43.6 Å². The van der Waals surface area contributed by atoms with Crippen molar-refractivity contribution < 1.29 is 22.8 Å². The van der Waals surface area contributed by atoms with Crippen molar-refractivity contribution in [3.05, 3.63) is 76.6 Å². The highest BCUT2D eigenvalue weighted by molar-refractivity contribution is 6.30. The number of carbonyl (C=O) groups is 2. The van der Waals surface area contributed by atoms with E-state index in [0.29, 0.717) is 38.4 Å². The lowest BCUT2D eigenvalue weighted by molar-refractivity contribution is -0.124. The second kappa shape index (κ2) is 10.3. The van der Waals surface area contributed by atoms with Crippen LogP contribution in [0.3, 0.4) is 0 Å². The fourth-order valence-electron chi connectivity index (χ4n) is 6.12. The molecule has 1 saturated heterocycles. The molecule has 208 valence electrons. The number of nitrogens with zero attached hydrogens (tertiary/aromatic N) is 5. The number of nitrogens with one attached hydrogen (secondary N) is 1. The van der Waals surface area contributed by atoms with Gasteiger partial charge in [0.05, 0.1) is 23.0 Å². The number of alkyl halides is 2. The van der Waals surface area contributed by atoms with E-state index in [0.717, 1.165) is 42.7 Å². The molecule has 2 amide bonds. The van der Waals surface area contributed by atoms with Gasteiger partial charge in [0.15, 0.2) is 5.82 Å². The molecule has 3 aromatic rings. The Morgan fingerprint density at radius 3 is 2.48 bits per heavy atom. The molecule has 0 unspecified atom stereocenters. The van der Waals surface area contributed by atoms with E-state index < -0.39 is 29.3 Å². The second-order valence-electron chi connectivity index (χ2n) is 10.7. The SMILES string of the molecule is O=C(NC1CCC(CN2C(=O)C3(CN(c4ncc(F)cn4)C3)c3ccccc32)CC1)c1cc(Cl)cnc1C(F)F. The number of rotatable bonds is 6. The monoisotopic (exact) mass is 570 g/mol. The van der Waals surface area contributed by atoms with E-state index >= 15 is 0 Å². The van der Waals surface area contributed by atoms with Gasteiger partial charge >= 0.3 is 0 Å². The molecular formula is C28H26ClF3N6O2. The van der Waals surface area contributed by atoms with Crippen molar-refractivity contribution in [3.8, 4) is 0 Å². The Hall–Kier alpha value is -3.73. The lowest BCUT2D eigenvalue weighted by atomic mass is 9.74. The van der Waals surface area contributed by atoms with Crippen molar-refractivity contribution in [3.63, 3.8) is 0 Å². The van der Waals surface area contributed by atoms with Crippen LogP contribution in [0.15, 0.2) is 48.9 Å². The smallest absolute Gasteiger partial charge is 0.281 e. The van der Waals surface area contributed by atoms with Crippen LogP contribution in [0.25, 0.3) is 0 Å². The number of anilines is 2. The summed E-state index contributed by atoms with van der Waals surface area (Å²) < 4.78 is 40.0. The van der Waals surface area contributed by atoms with Crippen LogP contribution < -0.4 is 15.1 Å². The lowest BCUT2D eigenvalue weighted by Crippen LogP contribution is -2.64. The van der Waals surface area contributed by atoms with Crippen molar-refractivity contribution in [2.75, 3.05) is 29.4 Å². The molecule has 40 heavy (non-hydrogen) atoms. The molecule has 2 fully saturated rings. The number of halogens is 4. The van der Waals surface area contributed by atoms with E-state index in [-0.39, 0.29) is 28.5 Å². The molecule has 0 atom stereocenters. The Morgan fingerprint density at radius 2 is 1.77 bits per heavy atom. The molecule has 2 aliphatic heterocycles. The minimum absolute atomic E-state index is 0.0375. The summed E-state index contributed by atoms with van der Waals surface area (Å²) in [6.45, 7) is 1.39. The first kappa shape index (κ1) is 26.5. The van der Waals surface area contributed by atoms with Crippen LogP contribution in [0.5, 0.6) is 0 Å². The maximum atomic E-state index is 13.8. The predicted molar refractivity (Wildman–Crippen MR) is 142 cm³/mol. The van der Waals surface area contributed by atoms with Gasteiger partial charge in [0.2, 0.25) is 11.9 Å². The van der Waals surface area contributed by atoms with Crippen LogP contribution in [-0.2, 0) is 10.2 Å². The summed E-state index contributed by atoms with van der Waals surface area (Å²) in [7, 11) is 0. The van der Waals surface area contributed by atoms with E-state index in [4.69, 9.17) is 11.6 Å². The molecule has 1 aliphatic carbocycles. The van der Waals surface area contributed by atoms with Gasteiger partial charge in [-0.25, -0.2) is 23.1 Å². The molecule has 0 bridgehead atoms. The summed E-state index contributed by atoms with van der Waals surface area (Å²) >= 11 is 5.89. The average Bonchev–Trinajstić information content (AvgIpc) is 3.17. The number of benzene rings is 1. The molecule has 0 radical (unpaired) electrons. The number of hydrogen-bond acceptors (Lipinski definition) is 6. The van der Waals surface area contributed by atoms with Crippen molar-refractivity contribution in [1.82, 2.24) is 20.3 Å². The molecular weight excluding hydrogens is 545 g/mol. The quantitative estimate of drug-likeness (QED) is 0.462.